The summed E-state index contributed by atoms with van der Waals surface area (Å²) in [6.07, 6.45) is 5.53. The van der Waals surface area contributed by atoms with Crippen LogP contribution in [0.1, 0.15) is 73.6 Å². The summed E-state index contributed by atoms with van der Waals surface area (Å²) in [5.41, 5.74) is 3.96. The lowest BCUT2D eigenvalue weighted by molar-refractivity contribution is -0.0304. The van der Waals surface area contributed by atoms with E-state index in [1.165, 1.54) is 31.0 Å². The van der Waals surface area contributed by atoms with E-state index in [1.807, 2.05) is 0 Å². The number of hydrogen-bond acceptors (Lipinski definition) is 1. The molecule has 1 rings (SSSR count). The third-order valence-electron chi connectivity index (χ3n) is 6.08. The molecule has 2 heteroatoms. The first kappa shape index (κ1) is 20.3. The summed E-state index contributed by atoms with van der Waals surface area (Å²) in [6, 6.07) is 3.51. The predicted octanol–water partition coefficient (Wildman–Crippen LogP) is 6.47. The number of hydrogen-bond donors (Lipinski definition) is 0. The van der Waals surface area contributed by atoms with Gasteiger partial charge in [0.1, 0.15) is 5.60 Å². The minimum absolute atomic E-state index is 0.117. The third kappa shape index (κ3) is 3.85. The molecule has 2 atom stereocenters. The van der Waals surface area contributed by atoms with Gasteiger partial charge in [0.15, 0.2) is 8.32 Å². The van der Waals surface area contributed by atoms with Crippen LogP contribution in [-0.4, -0.2) is 13.9 Å². The van der Waals surface area contributed by atoms with Crippen LogP contribution in [0.3, 0.4) is 0 Å². The largest absolute Gasteiger partial charge is 0.405 e. The van der Waals surface area contributed by atoms with Crippen molar-refractivity contribution in [2.75, 3.05) is 0 Å². The van der Waals surface area contributed by atoms with Gasteiger partial charge in [-0.25, -0.2) is 0 Å². The van der Waals surface area contributed by atoms with Crippen LogP contribution >= 0.6 is 0 Å². The average molecular weight is 333 g/mol. The lowest BCUT2D eigenvalue weighted by Crippen LogP contribution is -2.57. The van der Waals surface area contributed by atoms with Crippen LogP contribution in [0.4, 0.5) is 0 Å². The highest BCUT2D eigenvalue weighted by atomic mass is 28.4. The fraction of sp³-hybridized carbons (Fsp3) is 0.762. The molecular formula is C21H36OSi. The zero-order chi connectivity index (χ0) is 17.6. The molecule has 0 aromatic rings. The van der Waals surface area contributed by atoms with E-state index in [9.17, 15) is 0 Å². The van der Waals surface area contributed by atoms with Crippen molar-refractivity contribution in [1.82, 2.24) is 0 Å². The van der Waals surface area contributed by atoms with E-state index < -0.39 is 8.32 Å². The fourth-order valence-corrected chi connectivity index (χ4v) is 7.25. The Labute approximate surface area is 145 Å². The van der Waals surface area contributed by atoms with Crippen molar-refractivity contribution < 1.29 is 4.43 Å². The van der Waals surface area contributed by atoms with Gasteiger partial charge in [0.25, 0.3) is 0 Å². The Bertz CT molecular complexity index is 493. The van der Waals surface area contributed by atoms with Gasteiger partial charge in [-0.15, -0.1) is 11.7 Å². The van der Waals surface area contributed by atoms with Gasteiger partial charge in [0, 0.05) is 12.0 Å². The van der Waals surface area contributed by atoms with E-state index in [2.05, 4.69) is 65.7 Å². The molecule has 1 saturated carbocycles. The van der Waals surface area contributed by atoms with Crippen LogP contribution in [0.2, 0.25) is 18.1 Å². The van der Waals surface area contributed by atoms with Crippen molar-refractivity contribution >= 4 is 8.32 Å². The Morgan fingerprint density at radius 1 is 1.09 bits per heavy atom. The summed E-state index contributed by atoms with van der Waals surface area (Å²) < 4.78 is 7.18. The number of rotatable bonds is 6. The summed E-state index contributed by atoms with van der Waals surface area (Å²) in [7, 11) is -1.74. The summed E-state index contributed by atoms with van der Waals surface area (Å²) in [6.45, 7) is 17.5. The summed E-state index contributed by atoms with van der Waals surface area (Å²) in [5, 5.41) is 0. The molecule has 0 spiro atoms. The maximum Gasteiger partial charge on any atom is 0.193 e. The first-order valence-electron chi connectivity index (χ1n) is 9.46. The molecule has 1 aliphatic rings. The smallest absolute Gasteiger partial charge is 0.193 e. The zero-order valence-electron chi connectivity index (χ0n) is 16.3. The highest BCUT2D eigenvalue weighted by Crippen LogP contribution is 2.52. The quantitative estimate of drug-likeness (QED) is 0.307. The van der Waals surface area contributed by atoms with Crippen molar-refractivity contribution in [3.8, 4) is 11.8 Å². The molecule has 1 nitrogen and oxygen atoms in total. The normalized spacial score (nSPS) is 27.7. The summed E-state index contributed by atoms with van der Waals surface area (Å²) >= 11 is 0. The highest BCUT2D eigenvalue weighted by molar-refractivity contribution is 6.73. The summed E-state index contributed by atoms with van der Waals surface area (Å²) in [4.78, 5) is 0. The second-order valence-corrected chi connectivity index (χ2v) is 11.9. The molecule has 0 N–H and O–H groups in total. The highest BCUT2D eigenvalue weighted by Gasteiger charge is 2.54. The maximum atomic E-state index is 7.18. The van der Waals surface area contributed by atoms with Gasteiger partial charge < -0.3 is 4.43 Å². The molecule has 0 amide bonds. The molecular weight excluding hydrogens is 296 g/mol. The van der Waals surface area contributed by atoms with Crippen LogP contribution in [0.25, 0.3) is 0 Å². The topological polar surface area (TPSA) is 9.23 Å². The van der Waals surface area contributed by atoms with Gasteiger partial charge in [0.2, 0.25) is 0 Å². The van der Waals surface area contributed by atoms with E-state index >= 15 is 0 Å². The second kappa shape index (κ2) is 8.38. The molecule has 0 aromatic carbocycles. The standard InChI is InChI=1S/C21H36OSi/c1-8-13-16-20(7)17-14-15-18-21(20,19(6)9-2)22-23(10-3,11-4)12-5/h2,8,10-12,14-15,17-18H2,1,3-7H3/t20-,21-/m0/s1. The second-order valence-electron chi connectivity index (χ2n) is 7.17. The van der Waals surface area contributed by atoms with Gasteiger partial charge in [-0.1, -0.05) is 53.0 Å². The SMILES string of the molecule is C=C=C(C)[C@@]1(O[Si](CC)(CC)CC)CCCC[C@]1(C)C#CCC. The molecule has 23 heavy (non-hydrogen) atoms. The van der Waals surface area contributed by atoms with Gasteiger partial charge in [-0.05, 0) is 44.8 Å². The van der Waals surface area contributed by atoms with Crippen LogP contribution in [0.5, 0.6) is 0 Å². The zero-order valence-corrected chi connectivity index (χ0v) is 17.3. The van der Waals surface area contributed by atoms with Crippen LogP contribution in [0, 0.1) is 17.3 Å². The molecule has 0 saturated heterocycles. The van der Waals surface area contributed by atoms with E-state index in [4.69, 9.17) is 4.43 Å². The first-order chi connectivity index (χ1) is 10.9. The Morgan fingerprint density at radius 3 is 2.13 bits per heavy atom. The summed E-state index contributed by atoms with van der Waals surface area (Å²) in [5.74, 6) is 6.96. The molecule has 0 aliphatic heterocycles. The molecule has 0 aromatic heterocycles. The Balaban J connectivity index is 3.48. The van der Waals surface area contributed by atoms with Crippen molar-refractivity contribution in [2.45, 2.75) is 97.4 Å². The maximum absolute atomic E-state index is 7.18. The molecule has 1 aliphatic carbocycles. The lowest BCUT2D eigenvalue weighted by Gasteiger charge is -2.53. The lowest BCUT2D eigenvalue weighted by atomic mass is 9.62. The van der Waals surface area contributed by atoms with E-state index in [0.717, 1.165) is 24.8 Å². The van der Waals surface area contributed by atoms with Crippen LogP contribution in [0.15, 0.2) is 17.9 Å². The van der Waals surface area contributed by atoms with E-state index in [1.54, 1.807) is 0 Å². The molecule has 0 radical (unpaired) electrons. The van der Waals surface area contributed by atoms with E-state index in [-0.39, 0.29) is 11.0 Å². The minimum Gasteiger partial charge on any atom is -0.405 e. The predicted molar refractivity (Wildman–Crippen MR) is 104 cm³/mol. The van der Waals surface area contributed by atoms with Gasteiger partial charge >= 0.3 is 0 Å². The Hall–Kier alpha value is -0.743. The van der Waals surface area contributed by atoms with Gasteiger partial charge in [-0.3, -0.25) is 0 Å². The third-order valence-corrected chi connectivity index (χ3v) is 10.7. The van der Waals surface area contributed by atoms with Crippen LogP contribution in [-0.2, 0) is 4.43 Å². The average Bonchev–Trinajstić information content (AvgIpc) is 2.59. The van der Waals surface area contributed by atoms with Crippen molar-refractivity contribution in [3.63, 3.8) is 0 Å². The Kier molecular flexibility index (Phi) is 7.40. The molecule has 130 valence electrons. The van der Waals surface area contributed by atoms with E-state index in [0.29, 0.717) is 0 Å². The minimum atomic E-state index is -1.74. The Morgan fingerprint density at radius 2 is 1.65 bits per heavy atom. The monoisotopic (exact) mass is 332 g/mol. The van der Waals surface area contributed by atoms with Crippen molar-refractivity contribution in [1.29, 1.82) is 0 Å². The first-order valence-corrected chi connectivity index (χ1v) is 12.0. The molecule has 0 unspecified atom stereocenters. The fourth-order valence-electron chi connectivity index (χ4n) is 4.10. The van der Waals surface area contributed by atoms with Gasteiger partial charge in [-0.2, -0.15) is 0 Å². The molecule has 0 heterocycles. The molecule has 1 fully saturated rings. The van der Waals surface area contributed by atoms with Crippen molar-refractivity contribution in [2.24, 2.45) is 5.41 Å². The molecule has 0 bridgehead atoms. The van der Waals surface area contributed by atoms with Gasteiger partial charge in [0.05, 0.1) is 5.41 Å². The van der Waals surface area contributed by atoms with Crippen molar-refractivity contribution in [3.05, 3.63) is 17.9 Å². The van der Waals surface area contributed by atoms with Crippen LogP contribution < -0.4 is 0 Å².